The van der Waals surface area contributed by atoms with Crippen LogP contribution in [0.5, 0.6) is 17.2 Å². The number of methoxy groups -OCH3 is 2. The number of para-hydroxylation sites is 2. The highest BCUT2D eigenvalue weighted by molar-refractivity contribution is 5.94. The Balaban J connectivity index is 1.58. The van der Waals surface area contributed by atoms with Crippen molar-refractivity contribution in [2.24, 2.45) is 0 Å². The summed E-state index contributed by atoms with van der Waals surface area (Å²) >= 11 is 0. The number of benzene rings is 3. The normalized spacial score (nSPS) is 11.0. The van der Waals surface area contributed by atoms with E-state index >= 15 is 0 Å². The molecular formula is C28H27N5O4. The Morgan fingerprint density at radius 3 is 2.38 bits per heavy atom. The van der Waals surface area contributed by atoms with Gasteiger partial charge in [0.1, 0.15) is 34.5 Å². The molecule has 37 heavy (non-hydrogen) atoms. The van der Waals surface area contributed by atoms with Crippen LogP contribution in [0.15, 0.2) is 72.8 Å². The number of hydrogen-bond acceptors (Lipinski definition) is 6. The zero-order chi connectivity index (χ0) is 25.9. The number of H-pyrrole nitrogens is 1. The Morgan fingerprint density at radius 2 is 1.70 bits per heavy atom. The van der Waals surface area contributed by atoms with Crippen LogP contribution in [-0.2, 0) is 6.42 Å². The van der Waals surface area contributed by atoms with E-state index in [0.717, 1.165) is 11.0 Å². The van der Waals surface area contributed by atoms with Crippen LogP contribution in [0.2, 0.25) is 0 Å². The average molecular weight is 498 g/mol. The van der Waals surface area contributed by atoms with Gasteiger partial charge in [0.25, 0.3) is 5.91 Å². The molecule has 0 radical (unpaired) electrons. The number of carbonyl (C=O) groups is 1. The van der Waals surface area contributed by atoms with Gasteiger partial charge in [-0.2, -0.15) is 0 Å². The molecule has 5 N–H and O–H groups in total. The van der Waals surface area contributed by atoms with Gasteiger partial charge in [-0.1, -0.05) is 30.3 Å². The van der Waals surface area contributed by atoms with Crippen LogP contribution >= 0.6 is 0 Å². The molecule has 0 spiro atoms. The minimum absolute atomic E-state index is 0.0210. The first kappa shape index (κ1) is 23.8. The van der Waals surface area contributed by atoms with Crippen molar-refractivity contribution in [3.8, 4) is 34.3 Å². The number of nitrogens with one attached hydrogen (secondary N) is 2. The quantitative estimate of drug-likeness (QED) is 0.253. The molecule has 5 rings (SSSR count). The topological polar surface area (TPSA) is 127 Å². The number of carbonyl (C=O) groups excluding carboxylic acids is 1. The van der Waals surface area contributed by atoms with E-state index in [1.165, 1.54) is 0 Å². The predicted molar refractivity (Wildman–Crippen MR) is 143 cm³/mol. The number of rotatable bonds is 8. The molecule has 9 nitrogen and oxygen atoms in total. The monoisotopic (exact) mass is 497 g/mol. The van der Waals surface area contributed by atoms with E-state index < -0.39 is 0 Å². The number of nitrogen functional groups attached to an aromatic ring is 1. The van der Waals surface area contributed by atoms with Crippen molar-refractivity contribution in [3.63, 3.8) is 0 Å². The highest BCUT2D eigenvalue weighted by Crippen LogP contribution is 2.42. The number of anilines is 1. The summed E-state index contributed by atoms with van der Waals surface area (Å²) in [6.07, 6.45) is 0.300. The Hall–Kier alpha value is -4.92. The zero-order valence-corrected chi connectivity index (χ0v) is 20.5. The fourth-order valence-electron chi connectivity index (χ4n) is 4.37. The van der Waals surface area contributed by atoms with Crippen LogP contribution in [0.1, 0.15) is 16.1 Å². The summed E-state index contributed by atoms with van der Waals surface area (Å²) in [6.45, 7) is 0.269. The van der Waals surface area contributed by atoms with Crippen molar-refractivity contribution >= 4 is 22.8 Å². The molecule has 0 atom stereocenters. The number of fused-ring (bicyclic) bond motifs is 1. The Bertz CT molecular complexity index is 1520. The molecule has 188 valence electrons. The number of aromatic nitrogens is 3. The molecule has 0 unspecified atom stereocenters. The first-order chi connectivity index (χ1) is 18.0. The molecule has 2 heterocycles. The summed E-state index contributed by atoms with van der Waals surface area (Å²) < 4.78 is 12.6. The van der Waals surface area contributed by atoms with Gasteiger partial charge in [-0.15, -0.1) is 0 Å². The van der Waals surface area contributed by atoms with Crippen LogP contribution < -0.4 is 20.5 Å². The van der Waals surface area contributed by atoms with Crippen LogP contribution in [0, 0.1) is 0 Å². The lowest BCUT2D eigenvalue weighted by molar-refractivity contribution is 0.0954. The SMILES string of the molecule is COc1cc(OC)cc(-n2c(N)c(-c3nc4ccccc4[nH]3)c(O)c2CCNC(=O)c2ccccc2)c1. The lowest BCUT2D eigenvalue weighted by atomic mass is 10.2. The van der Waals surface area contributed by atoms with Gasteiger partial charge < -0.3 is 30.6 Å². The number of hydrogen-bond donors (Lipinski definition) is 4. The van der Waals surface area contributed by atoms with Gasteiger partial charge in [0.2, 0.25) is 0 Å². The van der Waals surface area contributed by atoms with Gasteiger partial charge in [0, 0.05) is 36.7 Å². The van der Waals surface area contributed by atoms with Gasteiger partial charge in [-0.3, -0.25) is 9.36 Å². The third kappa shape index (κ3) is 4.54. The van der Waals surface area contributed by atoms with E-state index in [1.54, 1.807) is 49.1 Å². The minimum atomic E-state index is -0.202. The Labute approximate surface area is 213 Å². The molecule has 0 aliphatic heterocycles. The molecule has 0 bridgehead atoms. The summed E-state index contributed by atoms with van der Waals surface area (Å²) in [5, 5.41) is 14.3. The molecule has 0 aliphatic carbocycles. The van der Waals surface area contributed by atoms with Gasteiger partial charge in [0.15, 0.2) is 0 Å². The number of ether oxygens (including phenoxy) is 2. The van der Waals surface area contributed by atoms with Crippen LogP contribution in [0.3, 0.4) is 0 Å². The second kappa shape index (κ2) is 9.98. The predicted octanol–water partition coefficient (Wildman–Crippen LogP) is 4.30. The lowest BCUT2D eigenvalue weighted by Gasteiger charge is -2.15. The average Bonchev–Trinajstić information content (AvgIpc) is 3.46. The summed E-state index contributed by atoms with van der Waals surface area (Å²) in [4.78, 5) is 20.5. The fourth-order valence-corrected chi connectivity index (χ4v) is 4.37. The van der Waals surface area contributed by atoms with E-state index in [1.807, 2.05) is 42.5 Å². The third-order valence-corrected chi connectivity index (χ3v) is 6.18. The van der Waals surface area contributed by atoms with Gasteiger partial charge in [0.05, 0.1) is 36.6 Å². The number of aromatic amines is 1. The second-order valence-corrected chi connectivity index (χ2v) is 8.44. The molecule has 5 aromatic rings. The Morgan fingerprint density at radius 1 is 1.03 bits per heavy atom. The molecule has 2 aromatic heterocycles. The molecule has 1 amide bonds. The van der Waals surface area contributed by atoms with E-state index in [2.05, 4.69) is 15.3 Å². The van der Waals surface area contributed by atoms with E-state index in [4.69, 9.17) is 15.2 Å². The van der Waals surface area contributed by atoms with Crippen LogP contribution in [-0.4, -0.2) is 46.3 Å². The number of imidazole rings is 1. The third-order valence-electron chi connectivity index (χ3n) is 6.18. The van der Waals surface area contributed by atoms with Crippen LogP contribution in [0.25, 0.3) is 28.1 Å². The maximum Gasteiger partial charge on any atom is 0.251 e. The van der Waals surface area contributed by atoms with Crippen molar-refractivity contribution < 1.29 is 19.4 Å². The second-order valence-electron chi connectivity index (χ2n) is 8.44. The minimum Gasteiger partial charge on any atom is -0.505 e. The van der Waals surface area contributed by atoms with Crippen molar-refractivity contribution in [1.82, 2.24) is 19.9 Å². The van der Waals surface area contributed by atoms with Crippen molar-refractivity contribution in [3.05, 3.63) is 84.1 Å². The zero-order valence-electron chi connectivity index (χ0n) is 20.5. The maximum absolute atomic E-state index is 12.6. The van der Waals surface area contributed by atoms with E-state index in [9.17, 15) is 9.90 Å². The standard InChI is InChI=1S/C28H27N5O4/c1-36-19-14-18(15-20(16-19)37-2)33-23(12-13-30-28(35)17-8-4-3-5-9-17)25(34)24(26(33)29)27-31-21-10-6-7-11-22(21)32-27/h3-11,14-16,34H,12-13,29H2,1-2H3,(H,30,35)(H,31,32). The molecule has 9 heteroatoms. The molecule has 3 aromatic carbocycles. The molecule has 0 aliphatic rings. The summed E-state index contributed by atoms with van der Waals surface area (Å²) in [7, 11) is 3.13. The van der Waals surface area contributed by atoms with Crippen molar-refractivity contribution in [1.29, 1.82) is 0 Å². The van der Waals surface area contributed by atoms with Gasteiger partial charge >= 0.3 is 0 Å². The largest absolute Gasteiger partial charge is 0.505 e. The summed E-state index contributed by atoms with van der Waals surface area (Å²) in [5.74, 6) is 1.64. The summed E-state index contributed by atoms with van der Waals surface area (Å²) in [6, 6.07) is 21.9. The van der Waals surface area contributed by atoms with E-state index in [-0.39, 0.29) is 24.0 Å². The van der Waals surface area contributed by atoms with Crippen molar-refractivity contribution in [2.45, 2.75) is 6.42 Å². The van der Waals surface area contributed by atoms with Gasteiger partial charge in [-0.05, 0) is 24.3 Å². The van der Waals surface area contributed by atoms with Gasteiger partial charge in [-0.25, -0.2) is 4.98 Å². The fraction of sp³-hybridized carbons (Fsp3) is 0.143. The first-order valence-electron chi connectivity index (χ1n) is 11.7. The maximum atomic E-state index is 12.6. The highest BCUT2D eigenvalue weighted by Gasteiger charge is 2.26. The summed E-state index contributed by atoms with van der Waals surface area (Å²) in [5.41, 5.74) is 10.3. The van der Waals surface area contributed by atoms with Crippen molar-refractivity contribution in [2.75, 3.05) is 26.5 Å². The number of amides is 1. The smallest absolute Gasteiger partial charge is 0.251 e. The molecule has 0 fully saturated rings. The number of aromatic hydroxyl groups is 1. The first-order valence-corrected chi connectivity index (χ1v) is 11.7. The highest BCUT2D eigenvalue weighted by atomic mass is 16.5. The molecule has 0 saturated carbocycles. The number of nitrogens with two attached hydrogens (primary N) is 1. The van der Waals surface area contributed by atoms with Crippen LogP contribution in [0.4, 0.5) is 5.82 Å². The lowest BCUT2D eigenvalue weighted by Crippen LogP contribution is -2.26. The van der Waals surface area contributed by atoms with E-state index in [0.29, 0.717) is 46.3 Å². The number of nitrogens with zero attached hydrogens (tertiary/aromatic N) is 2. The Kier molecular flexibility index (Phi) is 6.42. The molecule has 0 saturated heterocycles. The molecular weight excluding hydrogens is 470 g/mol.